The number of hydrogen-bond acceptors (Lipinski definition) is 3. The van der Waals surface area contributed by atoms with Gasteiger partial charge in [-0.05, 0) is 13.8 Å². The molecular formula is C12H17ClN4O2. The van der Waals surface area contributed by atoms with Gasteiger partial charge in [0.2, 0.25) is 11.8 Å². The van der Waals surface area contributed by atoms with Crippen LogP contribution >= 0.6 is 11.6 Å². The van der Waals surface area contributed by atoms with Gasteiger partial charge in [0.25, 0.3) is 0 Å². The minimum Gasteiger partial charge on any atom is -0.332 e. The Morgan fingerprint density at radius 2 is 1.79 bits per heavy atom. The lowest BCUT2D eigenvalue weighted by atomic mass is 10.2. The predicted molar refractivity (Wildman–Crippen MR) is 70.6 cm³/mol. The van der Waals surface area contributed by atoms with Crippen LogP contribution in [0, 0.1) is 6.92 Å². The molecule has 1 aliphatic rings. The van der Waals surface area contributed by atoms with Gasteiger partial charge in [0.15, 0.2) is 0 Å². The Morgan fingerprint density at radius 1 is 1.21 bits per heavy atom. The minimum atomic E-state index is -0.0548. The van der Waals surface area contributed by atoms with Crippen LogP contribution in [0.4, 0.5) is 0 Å². The maximum absolute atomic E-state index is 12.0. The summed E-state index contributed by atoms with van der Waals surface area (Å²) in [5, 5.41) is 4.71. The third kappa shape index (κ3) is 2.58. The third-order valence-corrected chi connectivity index (χ3v) is 3.83. The number of piperazine rings is 1. The van der Waals surface area contributed by atoms with E-state index in [9.17, 15) is 9.59 Å². The summed E-state index contributed by atoms with van der Waals surface area (Å²) in [6, 6.07) is 0. The topological polar surface area (TPSA) is 58.4 Å². The van der Waals surface area contributed by atoms with Gasteiger partial charge >= 0.3 is 0 Å². The van der Waals surface area contributed by atoms with E-state index in [1.807, 2.05) is 13.8 Å². The zero-order chi connectivity index (χ0) is 14.2. The molecule has 0 atom stereocenters. The van der Waals surface area contributed by atoms with Gasteiger partial charge in [-0.1, -0.05) is 11.6 Å². The molecule has 0 saturated carbocycles. The molecule has 1 aliphatic heterocycles. The van der Waals surface area contributed by atoms with Crippen LogP contribution in [0.3, 0.4) is 0 Å². The van der Waals surface area contributed by atoms with Crippen LogP contribution in [-0.2, 0) is 23.2 Å². The van der Waals surface area contributed by atoms with Crippen LogP contribution in [0.15, 0.2) is 0 Å². The molecule has 0 aliphatic carbocycles. The van der Waals surface area contributed by atoms with Gasteiger partial charge in [-0.25, -0.2) is 0 Å². The van der Waals surface area contributed by atoms with Crippen molar-refractivity contribution in [3.63, 3.8) is 0 Å². The SMILES string of the molecule is CCN1CC(=O)N(Cc2c(C)nn(C)c2Cl)CC1=O. The van der Waals surface area contributed by atoms with Crippen molar-refractivity contribution in [2.24, 2.45) is 7.05 Å². The van der Waals surface area contributed by atoms with Crippen molar-refractivity contribution in [1.29, 1.82) is 0 Å². The van der Waals surface area contributed by atoms with E-state index < -0.39 is 0 Å². The van der Waals surface area contributed by atoms with Crippen LogP contribution in [0.1, 0.15) is 18.2 Å². The Balaban J connectivity index is 2.15. The van der Waals surface area contributed by atoms with Gasteiger partial charge in [0.05, 0.1) is 18.8 Å². The Hall–Kier alpha value is -1.56. The lowest BCUT2D eigenvalue weighted by molar-refractivity contribution is -0.150. The fourth-order valence-electron chi connectivity index (χ4n) is 2.18. The molecule has 19 heavy (non-hydrogen) atoms. The fourth-order valence-corrected chi connectivity index (χ4v) is 2.41. The van der Waals surface area contributed by atoms with Crippen LogP contribution in [0.25, 0.3) is 0 Å². The van der Waals surface area contributed by atoms with Crippen molar-refractivity contribution in [2.45, 2.75) is 20.4 Å². The number of rotatable bonds is 3. The van der Waals surface area contributed by atoms with E-state index in [1.54, 1.807) is 16.6 Å². The van der Waals surface area contributed by atoms with E-state index >= 15 is 0 Å². The third-order valence-electron chi connectivity index (χ3n) is 3.36. The van der Waals surface area contributed by atoms with E-state index in [0.29, 0.717) is 18.2 Å². The van der Waals surface area contributed by atoms with E-state index in [1.165, 1.54) is 4.90 Å². The molecule has 7 heteroatoms. The first-order valence-electron chi connectivity index (χ1n) is 6.17. The largest absolute Gasteiger partial charge is 0.332 e. The van der Waals surface area contributed by atoms with Gasteiger partial charge in [-0.3, -0.25) is 14.3 Å². The molecule has 0 aromatic carbocycles. The van der Waals surface area contributed by atoms with Crippen molar-refractivity contribution < 1.29 is 9.59 Å². The molecule has 1 fully saturated rings. The second-order valence-corrected chi connectivity index (χ2v) is 4.99. The zero-order valence-corrected chi connectivity index (χ0v) is 12.1. The summed E-state index contributed by atoms with van der Waals surface area (Å²) < 4.78 is 1.57. The van der Waals surface area contributed by atoms with Gasteiger partial charge in [0.1, 0.15) is 11.7 Å². The molecule has 0 radical (unpaired) electrons. The molecule has 2 amide bonds. The molecule has 0 N–H and O–H groups in total. The average molecular weight is 285 g/mol. The van der Waals surface area contributed by atoms with Crippen LogP contribution in [0.2, 0.25) is 5.15 Å². The van der Waals surface area contributed by atoms with Crippen LogP contribution < -0.4 is 0 Å². The summed E-state index contributed by atoms with van der Waals surface area (Å²) in [6.45, 7) is 4.86. The smallest absolute Gasteiger partial charge is 0.242 e. The van der Waals surface area contributed by atoms with Crippen LogP contribution in [0.5, 0.6) is 0 Å². The molecule has 1 aromatic heterocycles. The lowest BCUT2D eigenvalue weighted by Crippen LogP contribution is -2.53. The highest BCUT2D eigenvalue weighted by Crippen LogP contribution is 2.21. The molecule has 0 spiro atoms. The second kappa shape index (κ2) is 5.21. The van der Waals surface area contributed by atoms with E-state index in [2.05, 4.69) is 5.10 Å². The number of likely N-dealkylation sites (N-methyl/N-ethyl adjacent to an activating group) is 1. The van der Waals surface area contributed by atoms with Gasteiger partial charge in [0, 0.05) is 19.2 Å². The highest BCUT2D eigenvalue weighted by atomic mass is 35.5. The summed E-state index contributed by atoms with van der Waals surface area (Å²) in [6.07, 6.45) is 0. The first-order chi connectivity index (χ1) is 8.93. The molecule has 6 nitrogen and oxygen atoms in total. The normalized spacial score (nSPS) is 16.4. The van der Waals surface area contributed by atoms with Crippen molar-refractivity contribution in [2.75, 3.05) is 19.6 Å². The molecule has 1 aromatic rings. The Labute approximate surface area is 116 Å². The maximum Gasteiger partial charge on any atom is 0.242 e. The maximum atomic E-state index is 12.0. The van der Waals surface area contributed by atoms with Crippen molar-refractivity contribution in [1.82, 2.24) is 19.6 Å². The van der Waals surface area contributed by atoms with Crippen LogP contribution in [-0.4, -0.2) is 51.0 Å². The lowest BCUT2D eigenvalue weighted by Gasteiger charge is -2.33. The number of nitrogens with zero attached hydrogens (tertiary/aromatic N) is 4. The zero-order valence-electron chi connectivity index (χ0n) is 11.3. The number of amides is 2. The summed E-state index contributed by atoms with van der Waals surface area (Å²) in [5.74, 6) is -0.0828. The van der Waals surface area contributed by atoms with Crippen molar-refractivity contribution >= 4 is 23.4 Å². The fraction of sp³-hybridized carbons (Fsp3) is 0.583. The number of hydrogen-bond donors (Lipinski definition) is 0. The Kier molecular flexibility index (Phi) is 3.80. The summed E-state index contributed by atoms with van der Waals surface area (Å²) in [4.78, 5) is 26.9. The number of carbonyl (C=O) groups is 2. The summed E-state index contributed by atoms with van der Waals surface area (Å²) in [7, 11) is 1.75. The molecule has 0 bridgehead atoms. The number of carbonyl (C=O) groups excluding carboxylic acids is 2. The molecular weight excluding hydrogens is 268 g/mol. The van der Waals surface area contributed by atoms with Crippen molar-refractivity contribution in [3.05, 3.63) is 16.4 Å². The van der Waals surface area contributed by atoms with E-state index in [0.717, 1.165) is 11.3 Å². The monoisotopic (exact) mass is 284 g/mol. The van der Waals surface area contributed by atoms with Gasteiger partial charge < -0.3 is 9.80 Å². The predicted octanol–water partition coefficient (Wildman–Crippen LogP) is 0.573. The number of aromatic nitrogens is 2. The second-order valence-electron chi connectivity index (χ2n) is 4.64. The molecule has 0 unspecified atom stereocenters. The molecule has 104 valence electrons. The standard InChI is InChI=1S/C12H17ClN4O2/c1-4-16-6-11(19)17(7-10(16)18)5-9-8(2)14-15(3)12(9)13/h4-7H2,1-3H3. The summed E-state index contributed by atoms with van der Waals surface area (Å²) >= 11 is 6.14. The van der Waals surface area contributed by atoms with E-state index in [-0.39, 0.29) is 24.9 Å². The number of aryl methyl sites for hydroxylation is 2. The van der Waals surface area contributed by atoms with Gasteiger partial charge in [-0.2, -0.15) is 5.10 Å². The minimum absolute atomic E-state index is 0.0280. The van der Waals surface area contributed by atoms with Crippen molar-refractivity contribution in [3.8, 4) is 0 Å². The van der Waals surface area contributed by atoms with Gasteiger partial charge in [-0.15, -0.1) is 0 Å². The summed E-state index contributed by atoms with van der Waals surface area (Å²) in [5.41, 5.74) is 1.58. The highest BCUT2D eigenvalue weighted by molar-refractivity contribution is 6.30. The Bertz CT molecular complexity index is 526. The Morgan fingerprint density at radius 3 is 2.32 bits per heavy atom. The first kappa shape index (κ1) is 13.9. The number of halogens is 1. The molecule has 1 saturated heterocycles. The molecule has 2 rings (SSSR count). The average Bonchev–Trinajstić information content (AvgIpc) is 2.60. The highest BCUT2D eigenvalue weighted by Gasteiger charge is 2.30. The van der Waals surface area contributed by atoms with E-state index in [4.69, 9.17) is 11.6 Å². The first-order valence-corrected chi connectivity index (χ1v) is 6.55. The quantitative estimate of drug-likeness (QED) is 0.815. The molecule has 2 heterocycles.